The second-order valence-electron chi connectivity index (χ2n) is 6.04. The first-order chi connectivity index (χ1) is 11.5. The third-order valence-electron chi connectivity index (χ3n) is 4.17. The van der Waals surface area contributed by atoms with Gasteiger partial charge in [-0.2, -0.15) is 0 Å². The maximum atomic E-state index is 5.21. The second-order valence-corrected chi connectivity index (χ2v) is 6.04. The standard InChI is InChI=1S/C19H28N4O/c1-6-20-19(21-12-11-18-15(4)23-24-16(18)5)22-14(3)17-10-8-7-9-13(17)2/h7-10,14H,6,11-12H2,1-5H3,(H2,20,21,22). The van der Waals surface area contributed by atoms with Crippen molar-refractivity contribution in [3.8, 4) is 0 Å². The van der Waals surface area contributed by atoms with E-state index in [0.717, 1.165) is 35.9 Å². The van der Waals surface area contributed by atoms with E-state index in [1.54, 1.807) is 0 Å². The molecule has 0 saturated heterocycles. The first-order valence-corrected chi connectivity index (χ1v) is 8.55. The first-order valence-electron chi connectivity index (χ1n) is 8.55. The molecule has 0 amide bonds. The van der Waals surface area contributed by atoms with E-state index in [2.05, 4.69) is 60.8 Å². The molecule has 0 aliphatic heterocycles. The molecule has 2 N–H and O–H groups in total. The Bertz CT molecular complexity index is 671. The van der Waals surface area contributed by atoms with Crippen molar-refractivity contribution in [3.05, 3.63) is 52.4 Å². The summed E-state index contributed by atoms with van der Waals surface area (Å²) in [7, 11) is 0. The van der Waals surface area contributed by atoms with Crippen LogP contribution in [-0.2, 0) is 6.42 Å². The molecule has 2 rings (SSSR count). The Balaban J connectivity index is 2.02. The lowest BCUT2D eigenvalue weighted by atomic mass is 10.0. The highest BCUT2D eigenvalue weighted by molar-refractivity contribution is 5.80. The van der Waals surface area contributed by atoms with E-state index in [4.69, 9.17) is 9.52 Å². The largest absolute Gasteiger partial charge is 0.361 e. The topological polar surface area (TPSA) is 62.5 Å². The van der Waals surface area contributed by atoms with Gasteiger partial charge in [-0.3, -0.25) is 4.99 Å². The van der Waals surface area contributed by atoms with Crippen molar-refractivity contribution < 1.29 is 4.52 Å². The van der Waals surface area contributed by atoms with Crippen molar-refractivity contribution in [1.29, 1.82) is 0 Å². The number of nitrogens with one attached hydrogen (secondary N) is 2. The number of benzene rings is 1. The van der Waals surface area contributed by atoms with Gasteiger partial charge in [-0.15, -0.1) is 0 Å². The van der Waals surface area contributed by atoms with Crippen LogP contribution in [0.3, 0.4) is 0 Å². The Kier molecular flexibility index (Phi) is 6.41. The third-order valence-corrected chi connectivity index (χ3v) is 4.17. The van der Waals surface area contributed by atoms with Crippen LogP contribution in [-0.4, -0.2) is 24.2 Å². The number of rotatable bonds is 6. The average molecular weight is 328 g/mol. The molecule has 1 atom stereocenters. The second kappa shape index (κ2) is 8.52. The van der Waals surface area contributed by atoms with Gasteiger partial charge in [-0.1, -0.05) is 29.4 Å². The Labute approximate surface area is 144 Å². The molecule has 0 saturated carbocycles. The normalized spacial score (nSPS) is 13.0. The summed E-state index contributed by atoms with van der Waals surface area (Å²) in [6.45, 7) is 11.8. The van der Waals surface area contributed by atoms with E-state index in [1.165, 1.54) is 11.1 Å². The van der Waals surface area contributed by atoms with E-state index >= 15 is 0 Å². The smallest absolute Gasteiger partial charge is 0.191 e. The maximum Gasteiger partial charge on any atom is 0.191 e. The minimum absolute atomic E-state index is 0.197. The van der Waals surface area contributed by atoms with E-state index in [1.807, 2.05) is 13.8 Å². The summed E-state index contributed by atoms with van der Waals surface area (Å²) in [5, 5.41) is 10.8. The summed E-state index contributed by atoms with van der Waals surface area (Å²) in [6.07, 6.45) is 0.830. The van der Waals surface area contributed by atoms with Crippen molar-refractivity contribution in [1.82, 2.24) is 15.8 Å². The molecule has 5 heteroatoms. The van der Waals surface area contributed by atoms with Gasteiger partial charge in [0, 0.05) is 18.7 Å². The number of guanidine groups is 1. The van der Waals surface area contributed by atoms with Crippen LogP contribution in [0.2, 0.25) is 0 Å². The van der Waals surface area contributed by atoms with Gasteiger partial charge in [0.05, 0.1) is 11.7 Å². The monoisotopic (exact) mass is 328 g/mol. The molecule has 0 bridgehead atoms. The van der Waals surface area contributed by atoms with Gasteiger partial charge in [-0.05, 0) is 52.2 Å². The number of aliphatic imine (C=N–C) groups is 1. The van der Waals surface area contributed by atoms with E-state index in [9.17, 15) is 0 Å². The summed E-state index contributed by atoms with van der Waals surface area (Å²) in [5.41, 5.74) is 4.67. The van der Waals surface area contributed by atoms with Crippen LogP contribution in [0.5, 0.6) is 0 Å². The number of aryl methyl sites for hydroxylation is 3. The molecule has 2 aromatic rings. The van der Waals surface area contributed by atoms with Crippen molar-refractivity contribution in [2.24, 2.45) is 4.99 Å². The highest BCUT2D eigenvalue weighted by atomic mass is 16.5. The minimum Gasteiger partial charge on any atom is -0.361 e. The van der Waals surface area contributed by atoms with Crippen LogP contribution in [0.25, 0.3) is 0 Å². The molecule has 5 nitrogen and oxygen atoms in total. The summed E-state index contributed by atoms with van der Waals surface area (Å²) in [4.78, 5) is 4.69. The molecule has 1 aromatic carbocycles. The highest BCUT2D eigenvalue weighted by Crippen LogP contribution is 2.16. The van der Waals surface area contributed by atoms with Gasteiger partial charge in [0.15, 0.2) is 5.96 Å². The quantitative estimate of drug-likeness (QED) is 0.630. The summed E-state index contributed by atoms with van der Waals surface area (Å²) in [5.74, 6) is 1.72. The van der Waals surface area contributed by atoms with Crippen molar-refractivity contribution in [3.63, 3.8) is 0 Å². The van der Waals surface area contributed by atoms with Gasteiger partial charge in [0.25, 0.3) is 0 Å². The first kappa shape index (κ1) is 18.0. The molecular formula is C19H28N4O. The minimum atomic E-state index is 0.197. The molecular weight excluding hydrogens is 300 g/mol. The zero-order valence-corrected chi connectivity index (χ0v) is 15.3. The van der Waals surface area contributed by atoms with Gasteiger partial charge < -0.3 is 15.2 Å². The lowest BCUT2D eigenvalue weighted by molar-refractivity contribution is 0.392. The average Bonchev–Trinajstić information content (AvgIpc) is 2.87. The molecule has 24 heavy (non-hydrogen) atoms. The molecule has 0 fully saturated rings. The number of aromatic nitrogens is 1. The predicted octanol–water partition coefficient (Wildman–Crippen LogP) is 3.46. The Morgan fingerprint density at radius 3 is 2.62 bits per heavy atom. The van der Waals surface area contributed by atoms with Crippen molar-refractivity contribution >= 4 is 5.96 Å². The summed E-state index contributed by atoms with van der Waals surface area (Å²) in [6, 6.07) is 8.62. The van der Waals surface area contributed by atoms with Gasteiger partial charge in [0.2, 0.25) is 0 Å². The molecule has 1 aromatic heterocycles. The van der Waals surface area contributed by atoms with E-state index in [-0.39, 0.29) is 6.04 Å². The van der Waals surface area contributed by atoms with Gasteiger partial charge >= 0.3 is 0 Å². The van der Waals surface area contributed by atoms with Gasteiger partial charge in [0.1, 0.15) is 5.76 Å². The summed E-state index contributed by atoms with van der Waals surface area (Å²) >= 11 is 0. The fraction of sp³-hybridized carbons (Fsp3) is 0.474. The van der Waals surface area contributed by atoms with E-state index < -0.39 is 0 Å². The Morgan fingerprint density at radius 1 is 1.25 bits per heavy atom. The predicted molar refractivity (Wildman–Crippen MR) is 98.4 cm³/mol. The fourth-order valence-corrected chi connectivity index (χ4v) is 2.81. The zero-order chi connectivity index (χ0) is 17.5. The zero-order valence-electron chi connectivity index (χ0n) is 15.3. The number of hydrogen-bond donors (Lipinski definition) is 2. The van der Waals surface area contributed by atoms with E-state index in [0.29, 0.717) is 6.54 Å². The summed E-state index contributed by atoms with van der Waals surface area (Å²) < 4.78 is 5.21. The fourth-order valence-electron chi connectivity index (χ4n) is 2.81. The van der Waals surface area contributed by atoms with Crippen LogP contribution in [0.1, 0.15) is 48.0 Å². The molecule has 130 valence electrons. The molecule has 0 aliphatic carbocycles. The lowest BCUT2D eigenvalue weighted by Crippen LogP contribution is -2.39. The van der Waals surface area contributed by atoms with Crippen molar-refractivity contribution in [2.45, 2.75) is 47.1 Å². The lowest BCUT2D eigenvalue weighted by Gasteiger charge is -2.19. The maximum absolute atomic E-state index is 5.21. The third kappa shape index (κ3) is 4.60. The number of nitrogens with zero attached hydrogens (tertiary/aromatic N) is 2. The SMILES string of the molecule is CCNC(=NCCc1c(C)noc1C)NC(C)c1ccccc1C. The van der Waals surface area contributed by atoms with Crippen LogP contribution in [0, 0.1) is 20.8 Å². The van der Waals surface area contributed by atoms with Crippen LogP contribution >= 0.6 is 0 Å². The van der Waals surface area contributed by atoms with Crippen molar-refractivity contribution in [2.75, 3.05) is 13.1 Å². The molecule has 1 unspecified atom stereocenters. The van der Waals surface area contributed by atoms with Gasteiger partial charge in [-0.25, -0.2) is 0 Å². The molecule has 0 aliphatic rings. The highest BCUT2D eigenvalue weighted by Gasteiger charge is 2.11. The van der Waals surface area contributed by atoms with Crippen LogP contribution in [0.4, 0.5) is 0 Å². The Morgan fingerprint density at radius 2 is 2.00 bits per heavy atom. The molecule has 0 radical (unpaired) electrons. The molecule has 0 spiro atoms. The van der Waals surface area contributed by atoms with Crippen LogP contribution in [0.15, 0.2) is 33.8 Å². The molecule has 1 heterocycles. The van der Waals surface area contributed by atoms with Crippen LogP contribution < -0.4 is 10.6 Å². The number of hydrogen-bond acceptors (Lipinski definition) is 3. The Hall–Kier alpha value is -2.30.